The molecule has 1 saturated carbocycles. The van der Waals surface area contributed by atoms with E-state index in [-0.39, 0.29) is 11.8 Å². The summed E-state index contributed by atoms with van der Waals surface area (Å²) in [4.78, 5) is 16.7. The number of rotatable bonds is 4. The molecule has 0 bridgehead atoms. The van der Waals surface area contributed by atoms with Crippen LogP contribution in [0.5, 0.6) is 0 Å². The van der Waals surface area contributed by atoms with Crippen LogP contribution in [0.1, 0.15) is 57.6 Å². The van der Waals surface area contributed by atoms with Crippen LogP contribution in [0.3, 0.4) is 0 Å². The number of aromatic nitrogens is 2. The molecule has 4 nitrogen and oxygen atoms in total. The fourth-order valence-corrected chi connectivity index (χ4v) is 3.30. The normalized spacial score (nSPS) is 16.3. The lowest BCUT2D eigenvalue weighted by molar-refractivity contribution is -0.126. The highest BCUT2D eigenvalue weighted by atomic mass is 16.1. The van der Waals surface area contributed by atoms with Crippen LogP contribution in [0, 0.1) is 5.92 Å². The molecule has 1 aromatic carbocycles. The molecule has 0 radical (unpaired) electrons. The van der Waals surface area contributed by atoms with E-state index in [1.165, 1.54) is 19.3 Å². The van der Waals surface area contributed by atoms with Gasteiger partial charge in [0.05, 0.1) is 17.4 Å². The van der Waals surface area contributed by atoms with Crippen molar-refractivity contribution in [3.8, 4) is 0 Å². The van der Waals surface area contributed by atoms with Crippen molar-refractivity contribution in [1.29, 1.82) is 0 Å². The third-order valence-electron chi connectivity index (χ3n) is 4.64. The van der Waals surface area contributed by atoms with Crippen molar-refractivity contribution < 1.29 is 4.79 Å². The van der Waals surface area contributed by atoms with Gasteiger partial charge in [-0.25, -0.2) is 4.98 Å². The fraction of sp³-hybridized carbons (Fsp3) is 0.556. The Balaban J connectivity index is 1.65. The minimum absolute atomic E-state index is 0.215. The molecular weight excluding hydrogens is 274 g/mol. The highest BCUT2D eigenvalue weighted by Gasteiger charge is 2.20. The quantitative estimate of drug-likeness (QED) is 0.933. The summed E-state index contributed by atoms with van der Waals surface area (Å²) in [5.74, 6) is 0.435. The SMILES string of the molecule is CC(C)n1cnc2cc(CNC(=O)C3CCCCC3)ccc21. The first-order chi connectivity index (χ1) is 10.6. The van der Waals surface area contributed by atoms with Gasteiger partial charge in [-0.3, -0.25) is 4.79 Å². The Bertz CT molecular complexity index is 653. The first kappa shape index (κ1) is 15.1. The number of benzene rings is 1. The fourth-order valence-electron chi connectivity index (χ4n) is 3.30. The second kappa shape index (κ2) is 6.51. The van der Waals surface area contributed by atoms with Crippen LogP contribution >= 0.6 is 0 Å². The number of imidazole rings is 1. The maximum absolute atomic E-state index is 12.2. The topological polar surface area (TPSA) is 46.9 Å². The summed E-state index contributed by atoms with van der Waals surface area (Å²) < 4.78 is 2.17. The van der Waals surface area contributed by atoms with Crippen LogP contribution in [0.15, 0.2) is 24.5 Å². The lowest BCUT2D eigenvalue weighted by Gasteiger charge is -2.20. The minimum Gasteiger partial charge on any atom is -0.352 e. The van der Waals surface area contributed by atoms with Crippen LogP contribution < -0.4 is 5.32 Å². The monoisotopic (exact) mass is 299 g/mol. The van der Waals surface area contributed by atoms with Crippen molar-refractivity contribution in [3.05, 3.63) is 30.1 Å². The summed E-state index contributed by atoms with van der Waals surface area (Å²) in [6.45, 7) is 4.90. The molecule has 1 aliphatic carbocycles. The van der Waals surface area contributed by atoms with Crippen molar-refractivity contribution in [2.75, 3.05) is 0 Å². The van der Waals surface area contributed by atoms with E-state index >= 15 is 0 Å². The second-order valence-electron chi connectivity index (χ2n) is 6.62. The van der Waals surface area contributed by atoms with Gasteiger partial charge in [-0.2, -0.15) is 0 Å². The molecular formula is C18H25N3O. The average molecular weight is 299 g/mol. The zero-order valence-corrected chi connectivity index (χ0v) is 13.5. The molecule has 0 spiro atoms. The minimum atomic E-state index is 0.215. The molecule has 1 N–H and O–H groups in total. The first-order valence-corrected chi connectivity index (χ1v) is 8.38. The van der Waals surface area contributed by atoms with Crippen LogP contribution in [0.4, 0.5) is 0 Å². The molecule has 2 aromatic rings. The number of fused-ring (bicyclic) bond motifs is 1. The van der Waals surface area contributed by atoms with E-state index in [2.05, 4.69) is 46.9 Å². The Kier molecular flexibility index (Phi) is 4.46. The Morgan fingerprint density at radius 3 is 2.82 bits per heavy atom. The highest BCUT2D eigenvalue weighted by molar-refractivity contribution is 5.79. The number of nitrogens with zero attached hydrogens (tertiary/aromatic N) is 2. The van der Waals surface area contributed by atoms with Gasteiger partial charge in [0.2, 0.25) is 5.91 Å². The maximum atomic E-state index is 12.2. The molecule has 1 amide bonds. The molecule has 118 valence electrons. The molecule has 0 saturated heterocycles. The summed E-state index contributed by atoms with van der Waals surface area (Å²) in [6, 6.07) is 6.67. The molecule has 1 fully saturated rings. The van der Waals surface area contributed by atoms with Crippen molar-refractivity contribution in [1.82, 2.24) is 14.9 Å². The molecule has 4 heteroatoms. The lowest BCUT2D eigenvalue weighted by atomic mass is 9.88. The summed E-state index contributed by atoms with van der Waals surface area (Å²) in [5, 5.41) is 3.09. The van der Waals surface area contributed by atoms with Gasteiger partial charge in [0.25, 0.3) is 0 Å². The number of carbonyl (C=O) groups excluding carboxylic acids is 1. The lowest BCUT2D eigenvalue weighted by Crippen LogP contribution is -2.31. The number of hydrogen-bond donors (Lipinski definition) is 1. The summed E-state index contributed by atoms with van der Waals surface area (Å²) in [5.41, 5.74) is 3.26. The van der Waals surface area contributed by atoms with E-state index in [4.69, 9.17) is 0 Å². The molecule has 0 atom stereocenters. The Hall–Kier alpha value is -1.84. The number of nitrogens with one attached hydrogen (secondary N) is 1. The van der Waals surface area contributed by atoms with Gasteiger partial charge in [-0.1, -0.05) is 25.3 Å². The van der Waals surface area contributed by atoms with E-state index in [1.54, 1.807) is 0 Å². The van der Waals surface area contributed by atoms with Gasteiger partial charge in [-0.15, -0.1) is 0 Å². The van der Waals surface area contributed by atoms with Crippen LogP contribution in [-0.2, 0) is 11.3 Å². The van der Waals surface area contributed by atoms with Crippen molar-refractivity contribution in [2.45, 2.75) is 58.5 Å². The largest absolute Gasteiger partial charge is 0.352 e. The maximum Gasteiger partial charge on any atom is 0.223 e. The molecule has 1 aromatic heterocycles. The Labute approximate surface area is 131 Å². The van der Waals surface area contributed by atoms with Gasteiger partial charge in [-0.05, 0) is 44.4 Å². The molecule has 0 unspecified atom stereocenters. The van der Waals surface area contributed by atoms with Crippen molar-refractivity contribution in [2.24, 2.45) is 5.92 Å². The third kappa shape index (κ3) is 3.16. The van der Waals surface area contributed by atoms with E-state index in [9.17, 15) is 4.79 Å². The van der Waals surface area contributed by atoms with Crippen LogP contribution in [-0.4, -0.2) is 15.5 Å². The molecule has 0 aliphatic heterocycles. The Morgan fingerprint density at radius 1 is 1.32 bits per heavy atom. The molecule has 3 rings (SSSR count). The van der Waals surface area contributed by atoms with Crippen molar-refractivity contribution in [3.63, 3.8) is 0 Å². The van der Waals surface area contributed by atoms with Crippen LogP contribution in [0.25, 0.3) is 11.0 Å². The zero-order chi connectivity index (χ0) is 15.5. The van der Waals surface area contributed by atoms with E-state index in [1.807, 2.05) is 6.33 Å². The second-order valence-corrected chi connectivity index (χ2v) is 6.62. The predicted molar refractivity (Wildman–Crippen MR) is 88.5 cm³/mol. The third-order valence-corrected chi connectivity index (χ3v) is 4.64. The average Bonchev–Trinajstić information content (AvgIpc) is 2.96. The summed E-state index contributed by atoms with van der Waals surface area (Å²) >= 11 is 0. The molecule has 1 heterocycles. The van der Waals surface area contributed by atoms with Crippen LogP contribution in [0.2, 0.25) is 0 Å². The zero-order valence-electron chi connectivity index (χ0n) is 13.5. The Morgan fingerprint density at radius 2 is 2.09 bits per heavy atom. The summed E-state index contributed by atoms with van der Waals surface area (Å²) in [6.07, 6.45) is 7.64. The number of carbonyl (C=O) groups is 1. The standard InChI is InChI=1S/C18H25N3O/c1-13(2)21-12-20-16-10-14(8-9-17(16)21)11-19-18(22)15-6-4-3-5-7-15/h8-10,12-13,15H,3-7,11H2,1-2H3,(H,19,22). The van der Waals surface area contributed by atoms with Gasteiger partial charge < -0.3 is 9.88 Å². The van der Waals surface area contributed by atoms with E-state index in [0.717, 1.165) is 29.4 Å². The number of amides is 1. The first-order valence-electron chi connectivity index (χ1n) is 8.38. The van der Waals surface area contributed by atoms with Gasteiger partial charge in [0, 0.05) is 18.5 Å². The summed E-state index contributed by atoms with van der Waals surface area (Å²) in [7, 11) is 0. The smallest absolute Gasteiger partial charge is 0.223 e. The van der Waals surface area contributed by atoms with E-state index < -0.39 is 0 Å². The van der Waals surface area contributed by atoms with E-state index in [0.29, 0.717) is 12.6 Å². The molecule has 22 heavy (non-hydrogen) atoms. The van der Waals surface area contributed by atoms with Crippen molar-refractivity contribution >= 4 is 16.9 Å². The van der Waals surface area contributed by atoms with Gasteiger partial charge in [0.15, 0.2) is 0 Å². The van der Waals surface area contributed by atoms with Gasteiger partial charge in [0.1, 0.15) is 0 Å². The molecule has 1 aliphatic rings. The highest BCUT2D eigenvalue weighted by Crippen LogP contribution is 2.24. The predicted octanol–water partition coefficient (Wildman–Crippen LogP) is 3.81. The number of hydrogen-bond acceptors (Lipinski definition) is 2. The van der Waals surface area contributed by atoms with Gasteiger partial charge >= 0.3 is 0 Å².